The predicted molar refractivity (Wildman–Crippen MR) is 75.5 cm³/mol. The Morgan fingerprint density at radius 2 is 2.35 bits per heavy atom. The van der Waals surface area contributed by atoms with E-state index in [1.165, 1.54) is 6.42 Å². The Balaban J connectivity index is 1.48. The van der Waals surface area contributed by atoms with E-state index in [1.54, 1.807) is 7.05 Å². The highest BCUT2D eigenvalue weighted by molar-refractivity contribution is 5.79. The highest BCUT2D eigenvalue weighted by atomic mass is 16.5. The first-order chi connectivity index (χ1) is 9.86. The molecular weight excluding hydrogens is 256 g/mol. The van der Waals surface area contributed by atoms with Crippen LogP contribution in [0.5, 0.6) is 0 Å². The van der Waals surface area contributed by atoms with E-state index in [1.807, 2.05) is 0 Å². The van der Waals surface area contributed by atoms with Crippen LogP contribution >= 0.6 is 0 Å². The van der Waals surface area contributed by atoms with E-state index >= 15 is 0 Å². The Hall–Kier alpha value is -1.63. The molecule has 3 heterocycles. The van der Waals surface area contributed by atoms with Gasteiger partial charge in [0.25, 0.3) is 0 Å². The average Bonchev–Trinajstić information content (AvgIpc) is 3.17. The van der Waals surface area contributed by atoms with E-state index in [-0.39, 0.29) is 0 Å². The van der Waals surface area contributed by atoms with Crippen LogP contribution in [0.15, 0.2) is 4.99 Å². The number of aryl methyl sites for hydroxylation is 1. The third kappa shape index (κ3) is 2.92. The molecule has 1 atom stereocenters. The summed E-state index contributed by atoms with van der Waals surface area (Å²) in [4.78, 5) is 4.22. The van der Waals surface area contributed by atoms with Gasteiger partial charge in [0, 0.05) is 33.2 Å². The van der Waals surface area contributed by atoms with E-state index in [9.17, 15) is 0 Å². The van der Waals surface area contributed by atoms with Gasteiger partial charge in [-0.25, -0.2) is 0 Å². The molecule has 2 N–H and O–H groups in total. The summed E-state index contributed by atoms with van der Waals surface area (Å²) < 4.78 is 7.78. The maximum Gasteiger partial charge on any atom is 0.191 e. The molecule has 0 radical (unpaired) electrons. The number of rotatable bonds is 4. The summed E-state index contributed by atoms with van der Waals surface area (Å²) in [6.45, 7) is 3.36. The minimum atomic E-state index is 0.311. The molecule has 1 saturated heterocycles. The number of aromatic nitrogens is 3. The second-order valence-corrected chi connectivity index (χ2v) is 5.23. The summed E-state index contributed by atoms with van der Waals surface area (Å²) in [6.07, 6.45) is 4.81. The molecule has 2 aliphatic heterocycles. The lowest BCUT2D eigenvalue weighted by atomic mass is 10.2. The van der Waals surface area contributed by atoms with Crippen molar-refractivity contribution in [2.75, 3.05) is 20.2 Å². The first-order valence-corrected chi connectivity index (χ1v) is 7.34. The Morgan fingerprint density at radius 1 is 1.40 bits per heavy atom. The number of guanidine groups is 1. The Bertz CT molecular complexity index is 477. The normalized spacial score (nSPS) is 22.1. The molecule has 1 aromatic rings. The van der Waals surface area contributed by atoms with Crippen molar-refractivity contribution in [2.24, 2.45) is 4.99 Å². The molecule has 0 saturated carbocycles. The van der Waals surface area contributed by atoms with E-state index in [0.29, 0.717) is 12.6 Å². The molecule has 0 spiro atoms. The van der Waals surface area contributed by atoms with Crippen LogP contribution in [0.3, 0.4) is 0 Å². The number of nitrogens with zero attached hydrogens (tertiary/aromatic N) is 4. The number of hydrogen-bond acceptors (Lipinski definition) is 4. The van der Waals surface area contributed by atoms with Crippen molar-refractivity contribution in [3.63, 3.8) is 0 Å². The van der Waals surface area contributed by atoms with Crippen LogP contribution in [0.2, 0.25) is 0 Å². The number of ether oxygens (including phenoxy) is 1. The SMILES string of the molecule is CN=C(NCc1nnc2n1CCC2)NCC1CCCO1. The minimum absolute atomic E-state index is 0.311. The summed E-state index contributed by atoms with van der Waals surface area (Å²) in [5.41, 5.74) is 0. The van der Waals surface area contributed by atoms with Crippen LogP contribution < -0.4 is 10.6 Å². The van der Waals surface area contributed by atoms with Gasteiger partial charge in [-0.1, -0.05) is 0 Å². The van der Waals surface area contributed by atoms with E-state index in [4.69, 9.17) is 4.74 Å². The molecule has 0 bridgehead atoms. The number of fused-ring (bicyclic) bond motifs is 1. The van der Waals surface area contributed by atoms with Crippen LogP contribution in [-0.4, -0.2) is 47.0 Å². The van der Waals surface area contributed by atoms with Gasteiger partial charge in [-0.15, -0.1) is 10.2 Å². The minimum Gasteiger partial charge on any atom is -0.376 e. The Morgan fingerprint density at radius 3 is 3.15 bits per heavy atom. The molecule has 7 nitrogen and oxygen atoms in total. The molecule has 1 unspecified atom stereocenters. The third-order valence-corrected chi connectivity index (χ3v) is 3.84. The van der Waals surface area contributed by atoms with Crippen molar-refractivity contribution in [3.8, 4) is 0 Å². The quantitative estimate of drug-likeness (QED) is 0.602. The number of nitrogens with one attached hydrogen (secondary N) is 2. The zero-order chi connectivity index (χ0) is 13.8. The van der Waals surface area contributed by atoms with Gasteiger partial charge in [0.15, 0.2) is 11.8 Å². The molecule has 7 heteroatoms. The number of aliphatic imine (C=N–C) groups is 1. The maximum absolute atomic E-state index is 5.59. The summed E-state index contributed by atoms with van der Waals surface area (Å²) in [7, 11) is 1.78. The first-order valence-electron chi connectivity index (χ1n) is 7.34. The van der Waals surface area contributed by atoms with Crippen LogP contribution in [-0.2, 0) is 24.2 Å². The fourth-order valence-corrected chi connectivity index (χ4v) is 2.74. The van der Waals surface area contributed by atoms with Gasteiger partial charge in [-0.05, 0) is 19.3 Å². The van der Waals surface area contributed by atoms with Crippen molar-refractivity contribution in [2.45, 2.75) is 44.9 Å². The summed E-state index contributed by atoms with van der Waals surface area (Å²) >= 11 is 0. The van der Waals surface area contributed by atoms with E-state index in [2.05, 4.69) is 30.4 Å². The van der Waals surface area contributed by atoms with Gasteiger partial charge in [-0.3, -0.25) is 4.99 Å². The molecule has 110 valence electrons. The van der Waals surface area contributed by atoms with Gasteiger partial charge >= 0.3 is 0 Å². The predicted octanol–water partition coefficient (Wildman–Crippen LogP) is 0.0683. The van der Waals surface area contributed by atoms with Gasteiger partial charge in [0.2, 0.25) is 0 Å². The van der Waals surface area contributed by atoms with Crippen LogP contribution in [0.1, 0.15) is 30.9 Å². The zero-order valence-electron chi connectivity index (χ0n) is 11.9. The van der Waals surface area contributed by atoms with Gasteiger partial charge < -0.3 is 19.9 Å². The van der Waals surface area contributed by atoms with Crippen molar-refractivity contribution >= 4 is 5.96 Å². The van der Waals surface area contributed by atoms with Crippen LogP contribution in [0.25, 0.3) is 0 Å². The van der Waals surface area contributed by atoms with Gasteiger partial charge in [0.1, 0.15) is 5.82 Å². The lowest BCUT2D eigenvalue weighted by molar-refractivity contribution is 0.114. The summed E-state index contributed by atoms with van der Waals surface area (Å²) in [5.74, 6) is 2.87. The lowest BCUT2D eigenvalue weighted by Crippen LogP contribution is -2.41. The smallest absolute Gasteiger partial charge is 0.191 e. The zero-order valence-corrected chi connectivity index (χ0v) is 11.9. The molecule has 1 aromatic heterocycles. The van der Waals surface area contributed by atoms with Crippen molar-refractivity contribution < 1.29 is 4.74 Å². The van der Waals surface area contributed by atoms with Crippen molar-refractivity contribution in [1.82, 2.24) is 25.4 Å². The number of hydrogen-bond donors (Lipinski definition) is 2. The molecule has 3 rings (SSSR count). The highest BCUT2D eigenvalue weighted by Gasteiger charge is 2.18. The fourth-order valence-electron chi connectivity index (χ4n) is 2.74. The standard InChI is InChI=1S/C13H22N6O/c1-14-13(15-8-10-4-3-7-20-10)16-9-12-18-17-11-5-2-6-19(11)12/h10H,2-9H2,1H3,(H2,14,15,16). The molecule has 0 aliphatic carbocycles. The summed E-state index contributed by atoms with van der Waals surface area (Å²) in [5, 5.41) is 15.0. The Labute approximate surface area is 118 Å². The van der Waals surface area contributed by atoms with Crippen LogP contribution in [0.4, 0.5) is 0 Å². The second kappa shape index (κ2) is 6.21. The molecule has 1 fully saturated rings. The Kier molecular flexibility index (Phi) is 4.15. The van der Waals surface area contributed by atoms with Crippen molar-refractivity contribution in [1.29, 1.82) is 0 Å². The fraction of sp³-hybridized carbons (Fsp3) is 0.769. The summed E-state index contributed by atoms with van der Waals surface area (Å²) in [6, 6.07) is 0. The largest absolute Gasteiger partial charge is 0.376 e. The van der Waals surface area contributed by atoms with Gasteiger partial charge in [0.05, 0.1) is 12.6 Å². The molecule has 2 aliphatic rings. The van der Waals surface area contributed by atoms with Gasteiger partial charge in [-0.2, -0.15) is 0 Å². The average molecular weight is 278 g/mol. The van der Waals surface area contributed by atoms with Crippen molar-refractivity contribution in [3.05, 3.63) is 11.6 Å². The second-order valence-electron chi connectivity index (χ2n) is 5.23. The molecular formula is C13H22N6O. The molecule has 0 amide bonds. The third-order valence-electron chi connectivity index (χ3n) is 3.84. The monoisotopic (exact) mass is 278 g/mol. The molecule has 0 aromatic carbocycles. The van der Waals surface area contributed by atoms with Crippen LogP contribution in [0, 0.1) is 0 Å². The van der Waals surface area contributed by atoms with E-state index in [0.717, 1.165) is 56.6 Å². The maximum atomic E-state index is 5.59. The topological polar surface area (TPSA) is 76.4 Å². The highest BCUT2D eigenvalue weighted by Crippen LogP contribution is 2.13. The first kappa shape index (κ1) is 13.4. The lowest BCUT2D eigenvalue weighted by Gasteiger charge is -2.14. The van der Waals surface area contributed by atoms with E-state index < -0.39 is 0 Å². The molecule has 20 heavy (non-hydrogen) atoms.